The molecule has 5 rings (SSSR count). The van der Waals surface area contributed by atoms with Crippen LogP contribution in [0, 0.1) is 5.82 Å². The minimum atomic E-state index is -0.559. The second-order valence-electron chi connectivity index (χ2n) is 7.87. The quantitative estimate of drug-likeness (QED) is 0.442. The van der Waals surface area contributed by atoms with E-state index in [0.29, 0.717) is 34.5 Å². The van der Waals surface area contributed by atoms with Crippen molar-refractivity contribution in [2.45, 2.75) is 13.0 Å². The van der Waals surface area contributed by atoms with E-state index in [2.05, 4.69) is 15.6 Å². The molecule has 1 aliphatic heterocycles. The van der Waals surface area contributed by atoms with Gasteiger partial charge >= 0.3 is 0 Å². The molecule has 8 heteroatoms. The summed E-state index contributed by atoms with van der Waals surface area (Å²) >= 11 is 0. The fourth-order valence-corrected chi connectivity index (χ4v) is 4.01. The van der Waals surface area contributed by atoms with Crippen LogP contribution in [0.1, 0.15) is 18.5 Å². The summed E-state index contributed by atoms with van der Waals surface area (Å²) in [6, 6.07) is 22.3. The van der Waals surface area contributed by atoms with Crippen molar-refractivity contribution >= 4 is 17.5 Å². The van der Waals surface area contributed by atoms with E-state index < -0.39 is 6.04 Å². The van der Waals surface area contributed by atoms with Gasteiger partial charge in [-0.2, -0.15) is 4.98 Å². The SMILES string of the molecule is COc1cccc(C2C(C(=O)Nc3ccc(F)cc3)=C(C)Nc3nc(-c4ccccc4)nn32)c1. The third-order valence-corrected chi connectivity index (χ3v) is 5.64. The van der Waals surface area contributed by atoms with E-state index >= 15 is 0 Å². The van der Waals surface area contributed by atoms with Crippen molar-refractivity contribution in [2.75, 3.05) is 17.7 Å². The van der Waals surface area contributed by atoms with Gasteiger partial charge in [0, 0.05) is 16.9 Å². The van der Waals surface area contributed by atoms with Gasteiger partial charge in [0.2, 0.25) is 5.95 Å². The number of ether oxygens (including phenoxy) is 1. The number of methoxy groups -OCH3 is 1. The second-order valence-corrected chi connectivity index (χ2v) is 7.87. The van der Waals surface area contributed by atoms with E-state index in [1.807, 2.05) is 61.5 Å². The first-order chi connectivity index (χ1) is 16.5. The van der Waals surface area contributed by atoms with Crippen molar-refractivity contribution in [2.24, 2.45) is 0 Å². The van der Waals surface area contributed by atoms with Crippen molar-refractivity contribution < 1.29 is 13.9 Å². The van der Waals surface area contributed by atoms with Crippen LogP contribution in [-0.4, -0.2) is 27.8 Å². The fraction of sp³-hybridized carbons (Fsp3) is 0.115. The number of carbonyl (C=O) groups is 1. The third kappa shape index (κ3) is 4.01. The molecular weight excluding hydrogens is 433 g/mol. The lowest BCUT2D eigenvalue weighted by Crippen LogP contribution is -2.31. The van der Waals surface area contributed by atoms with Crippen LogP contribution in [0.15, 0.2) is 90.1 Å². The Morgan fingerprint density at radius 2 is 1.82 bits per heavy atom. The summed E-state index contributed by atoms with van der Waals surface area (Å²) in [7, 11) is 1.60. The van der Waals surface area contributed by atoms with Crippen LogP contribution >= 0.6 is 0 Å². The van der Waals surface area contributed by atoms with Crippen molar-refractivity contribution in [1.82, 2.24) is 14.8 Å². The summed E-state index contributed by atoms with van der Waals surface area (Å²) in [6.45, 7) is 1.83. The predicted octanol–water partition coefficient (Wildman–Crippen LogP) is 5.02. The Hall–Kier alpha value is -4.46. The zero-order valence-corrected chi connectivity index (χ0v) is 18.6. The normalized spacial score (nSPS) is 14.9. The number of benzene rings is 3. The van der Waals surface area contributed by atoms with E-state index in [-0.39, 0.29) is 11.7 Å². The number of halogens is 1. The van der Waals surface area contributed by atoms with Gasteiger partial charge in [0.25, 0.3) is 5.91 Å². The van der Waals surface area contributed by atoms with Gasteiger partial charge in [-0.05, 0) is 48.9 Å². The molecule has 3 aromatic carbocycles. The molecule has 2 heterocycles. The number of nitrogens with one attached hydrogen (secondary N) is 2. The molecule has 1 aliphatic rings. The predicted molar refractivity (Wildman–Crippen MR) is 128 cm³/mol. The summed E-state index contributed by atoms with van der Waals surface area (Å²) in [4.78, 5) is 18.2. The summed E-state index contributed by atoms with van der Waals surface area (Å²) in [5, 5.41) is 10.9. The van der Waals surface area contributed by atoms with Crippen molar-refractivity contribution in [3.8, 4) is 17.1 Å². The molecule has 0 spiro atoms. The Kier molecular flexibility index (Phi) is 5.55. The average molecular weight is 455 g/mol. The highest BCUT2D eigenvalue weighted by Crippen LogP contribution is 2.37. The molecule has 1 atom stereocenters. The number of amides is 1. The Morgan fingerprint density at radius 3 is 2.56 bits per heavy atom. The molecule has 1 amide bonds. The summed E-state index contributed by atoms with van der Waals surface area (Å²) in [5.41, 5.74) is 3.28. The zero-order valence-electron chi connectivity index (χ0n) is 18.6. The molecule has 0 fully saturated rings. The van der Waals surface area contributed by atoms with E-state index in [4.69, 9.17) is 9.84 Å². The Bertz CT molecular complexity index is 1380. The highest BCUT2D eigenvalue weighted by Gasteiger charge is 2.34. The molecule has 170 valence electrons. The van der Waals surface area contributed by atoms with Crippen LogP contribution in [0.2, 0.25) is 0 Å². The van der Waals surface area contributed by atoms with Crippen molar-refractivity contribution in [3.63, 3.8) is 0 Å². The number of hydrogen-bond donors (Lipinski definition) is 2. The number of allylic oxidation sites excluding steroid dienone is 1. The highest BCUT2D eigenvalue weighted by atomic mass is 19.1. The first-order valence-corrected chi connectivity index (χ1v) is 10.7. The lowest BCUT2D eigenvalue weighted by Gasteiger charge is -2.28. The number of hydrogen-bond acceptors (Lipinski definition) is 5. The minimum Gasteiger partial charge on any atom is -0.497 e. The largest absolute Gasteiger partial charge is 0.497 e. The maximum Gasteiger partial charge on any atom is 0.255 e. The second kappa shape index (κ2) is 8.82. The zero-order chi connectivity index (χ0) is 23.7. The molecule has 0 saturated carbocycles. The van der Waals surface area contributed by atoms with Gasteiger partial charge in [-0.15, -0.1) is 5.10 Å². The number of fused-ring (bicyclic) bond motifs is 1. The van der Waals surface area contributed by atoms with E-state index in [9.17, 15) is 9.18 Å². The maximum atomic E-state index is 13.5. The first-order valence-electron chi connectivity index (χ1n) is 10.7. The molecular formula is C26H22FN5O2. The van der Waals surface area contributed by atoms with Crippen LogP contribution in [0.5, 0.6) is 5.75 Å². The maximum absolute atomic E-state index is 13.5. The van der Waals surface area contributed by atoms with Gasteiger partial charge in [-0.25, -0.2) is 9.07 Å². The van der Waals surface area contributed by atoms with Crippen LogP contribution in [0.4, 0.5) is 16.0 Å². The lowest BCUT2D eigenvalue weighted by molar-refractivity contribution is -0.113. The number of carbonyl (C=O) groups excluding carboxylic acids is 1. The van der Waals surface area contributed by atoms with Gasteiger partial charge in [-0.3, -0.25) is 4.79 Å². The molecule has 1 aromatic heterocycles. The molecule has 4 aromatic rings. The Balaban J connectivity index is 1.60. The minimum absolute atomic E-state index is 0.327. The molecule has 0 aliphatic carbocycles. The Morgan fingerprint density at radius 1 is 1.06 bits per heavy atom. The van der Waals surface area contributed by atoms with Crippen LogP contribution in [0.25, 0.3) is 11.4 Å². The highest BCUT2D eigenvalue weighted by molar-refractivity contribution is 6.06. The molecule has 2 N–H and O–H groups in total. The summed E-state index contributed by atoms with van der Waals surface area (Å²) < 4.78 is 20.5. The number of nitrogens with zero attached hydrogens (tertiary/aromatic N) is 3. The standard InChI is InChI=1S/C26H22FN5O2/c1-16-22(25(33)29-20-13-11-19(27)12-14-20)23(18-9-6-10-21(15-18)34-2)32-26(28-16)30-24(31-32)17-7-4-3-5-8-17/h3-15,23H,1-2H3,(H,29,33)(H,28,30,31). The molecule has 0 saturated heterocycles. The van der Waals surface area contributed by atoms with Gasteiger partial charge < -0.3 is 15.4 Å². The average Bonchev–Trinajstić information content (AvgIpc) is 3.28. The van der Waals surface area contributed by atoms with Crippen molar-refractivity contribution in [1.29, 1.82) is 0 Å². The monoisotopic (exact) mass is 455 g/mol. The molecule has 0 bridgehead atoms. The van der Waals surface area contributed by atoms with E-state index in [1.165, 1.54) is 24.3 Å². The summed E-state index contributed by atoms with van der Waals surface area (Å²) in [6.07, 6.45) is 0. The molecule has 7 nitrogen and oxygen atoms in total. The molecule has 34 heavy (non-hydrogen) atoms. The number of rotatable bonds is 5. The van der Waals surface area contributed by atoms with Crippen LogP contribution < -0.4 is 15.4 Å². The number of aromatic nitrogens is 3. The van der Waals surface area contributed by atoms with Crippen molar-refractivity contribution in [3.05, 3.63) is 102 Å². The van der Waals surface area contributed by atoms with Crippen LogP contribution in [-0.2, 0) is 4.79 Å². The Labute approximate surface area is 195 Å². The van der Waals surface area contributed by atoms with Gasteiger partial charge in [0.1, 0.15) is 17.6 Å². The topological polar surface area (TPSA) is 81.1 Å². The smallest absolute Gasteiger partial charge is 0.255 e. The first kappa shape index (κ1) is 21.4. The third-order valence-electron chi connectivity index (χ3n) is 5.64. The van der Waals surface area contributed by atoms with Crippen LogP contribution in [0.3, 0.4) is 0 Å². The van der Waals surface area contributed by atoms with E-state index in [1.54, 1.807) is 11.8 Å². The van der Waals surface area contributed by atoms with E-state index in [0.717, 1.165) is 11.1 Å². The lowest BCUT2D eigenvalue weighted by atomic mass is 9.95. The van der Waals surface area contributed by atoms with Gasteiger partial charge in [-0.1, -0.05) is 42.5 Å². The van der Waals surface area contributed by atoms with Gasteiger partial charge in [0.05, 0.1) is 12.7 Å². The molecule has 1 unspecified atom stereocenters. The molecule has 0 radical (unpaired) electrons. The fourth-order valence-electron chi connectivity index (χ4n) is 4.01. The van der Waals surface area contributed by atoms with Gasteiger partial charge in [0.15, 0.2) is 5.82 Å². The summed E-state index contributed by atoms with van der Waals surface area (Å²) in [5.74, 6) is 1.04. The number of anilines is 2.